The van der Waals surface area contributed by atoms with Crippen molar-refractivity contribution >= 4 is 0 Å². The molecule has 1 unspecified atom stereocenters. The average Bonchev–Trinajstić information content (AvgIpc) is 2.19. The minimum Gasteiger partial charge on any atom is -0.383 e. The summed E-state index contributed by atoms with van der Waals surface area (Å²) in [4.78, 5) is 0. The van der Waals surface area contributed by atoms with Crippen LogP contribution < -0.4 is 11.3 Å². The number of methoxy groups -OCH3 is 1. The molecule has 1 aliphatic carbocycles. The van der Waals surface area contributed by atoms with Crippen molar-refractivity contribution in [2.24, 2.45) is 11.8 Å². The van der Waals surface area contributed by atoms with Crippen LogP contribution in [0.4, 0.5) is 0 Å². The zero-order valence-corrected chi connectivity index (χ0v) is 8.59. The molecule has 3 nitrogen and oxygen atoms in total. The average molecular weight is 186 g/mol. The Morgan fingerprint density at radius 3 is 2.62 bits per heavy atom. The molecule has 0 aromatic rings. The fourth-order valence-electron chi connectivity index (χ4n) is 2.21. The zero-order chi connectivity index (χ0) is 9.52. The summed E-state index contributed by atoms with van der Waals surface area (Å²) < 4.78 is 5.09. The number of nitrogens with one attached hydrogen (secondary N) is 1. The van der Waals surface area contributed by atoms with E-state index in [-0.39, 0.29) is 0 Å². The van der Waals surface area contributed by atoms with E-state index >= 15 is 0 Å². The van der Waals surface area contributed by atoms with Crippen molar-refractivity contribution in [2.75, 3.05) is 13.7 Å². The van der Waals surface area contributed by atoms with Crippen LogP contribution >= 0.6 is 0 Å². The van der Waals surface area contributed by atoms with Crippen LogP contribution in [0.15, 0.2) is 0 Å². The Kier molecular flexibility index (Phi) is 5.35. The summed E-state index contributed by atoms with van der Waals surface area (Å²) in [6, 6.07) is 0.341. The molecule has 13 heavy (non-hydrogen) atoms. The summed E-state index contributed by atoms with van der Waals surface area (Å²) in [6.07, 6.45) is 8.14. The van der Waals surface area contributed by atoms with E-state index in [0.717, 1.165) is 12.5 Å². The molecule has 3 heteroatoms. The van der Waals surface area contributed by atoms with Crippen LogP contribution in [0.2, 0.25) is 0 Å². The highest BCUT2D eigenvalue weighted by atomic mass is 16.5. The van der Waals surface area contributed by atoms with Gasteiger partial charge >= 0.3 is 0 Å². The van der Waals surface area contributed by atoms with E-state index in [1.165, 1.54) is 38.5 Å². The largest absolute Gasteiger partial charge is 0.383 e. The third kappa shape index (κ3) is 4.07. The van der Waals surface area contributed by atoms with Crippen LogP contribution in [0.5, 0.6) is 0 Å². The second-order valence-electron chi connectivity index (χ2n) is 4.06. The van der Waals surface area contributed by atoms with Gasteiger partial charge in [-0.3, -0.25) is 11.3 Å². The normalized spacial score (nSPS) is 21.7. The van der Waals surface area contributed by atoms with Gasteiger partial charge in [-0.2, -0.15) is 0 Å². The number of hydrazine groups is 1. The first-order chi connectivity index (χ1) is 6.36. The molecule has 0 heterocycles. The highest BCUT2D eigenvalue weighted by molar-refractivity contribution is 4.72. The van der Waals surface area contributed by atoms with E-state index in [1.807, 2.05) is 0 Å². The molecular formula is C10H22N2O. The molecule has 0 radical (unpaired) electrons. The van der Waals surface area contributed by atoms with Gasteiger partial charge in [-0.15, -0.1) is 0 Å². The van der Waals surface area contributed by atoms with Gasteiger partial charge in [0.05, 0.1) is 6.61 Å². The van der Waals surface area contributed by atoms with E-state index < -0.39 is 0 Å². The van der Waals surface area contributed by atoms with Gasteiger partial charge in [-0.1, -0.05) is 32.1 Å². The van der Waals surface area contributed by atoms with Crippen LogP contribution in [-0.4, -0.2) is 19.8 Å². The Bertz CT molecular complexity index is 121. The van der Waals surface area contributed by atoms with Gasteiger partial charge < -0.3 is 4.74 Å². The van der Waals surface area contributed by atoms with Crippen molar-refractivity contribution in [3.63, 3.8) is 0 Å². The SMILES string of the molecule is COCC(CC1CCCCC1)NN. The predicted octanol–water partition coefficient (Wildman–Crippen LogP) is 1.44. The first kappa shape index (κ1) is 11.0. The molecule has 0 aromatic heterocycles. The minimum absolute atomic E-state index is 0.341. The Morgan fingerprint density at radius 1 is 1.38 bits per heavy atom. The van der Waals surface area contributed by atoms with Gasteiger partial charge in [0.15, 0.2) is 0 Å². The number of hydrogen-bond donors (Lipinski definition) is 2. The lowest BCUT2D eigenvalue weighted by molar-refractivity contribution is 0.148. The highest BCUT2D eigenvalue weighted by Gasteiger charge is 2.17. The summed E-state index contributed by atoms with van der Waals surface area (Å²) >= 11 is 0. The standard InChI is InChI=1S/C10H22N2O/c1-13-8-10(12-11)7-9-5-3-2-4-6-9/h9-10,12H,2-8,11H2,1H3. The van der Waals surface area contributed by atoms with E-state index in [0.29, 0.717) is 6.04 Å². The predicted molar refractivity (Wildman–Crippen MR) is 54.2 cm³/mol. The van der Waals surface area contributed by atoms with Gasteiger partial charge in [0.2, 0.25) is 0 Å². The summed E-state index contributed by atoms with van der Waals surface area (Å²) in [5.74, 6) is 6.31. The second kappa shape index (κ2) is 6.35. The molecule has 0 aromatic carbocycles. The number of rotatable bonds is 5. The monoisotopic (exact) mass is 186 g/mol. The topological polar surface area (TPSA) is 47.3 Å². The summed E-state index contributed by atoms with van der Waals surface area (Å²) in [5, 5.41) is 0. The molecule has 1 atom stereocenters. The van der Waals surface area contributed by atoms with E-state index in [9.17, 15) is 0 Å². The molecule has 0 bridgehead atoms. The first-order valence-corrected chi connectivity index (χ1v) is 5.32. The summed E-state index contributed by atoms with van der Waals surface area (Å²) in [6.45, 7) is 0.729. The fourth-order valence-corrected chi connectivity index (χ4v) is 2.21. The maximum atomic E-state index is 5.45. The van der Waals surface area contributed by atoms with E-state index in [1.54, 1.807) is 7.11 Å². The Labute approximate surface area is 81.0 Å². The van der Waals surface area contributed by atoms with Crippen LogP contribution in [-0.2, 0) is 4.74 Å². The van der Waals surface area contributed by atoms with Crippen LogP contribution in [0.25, 0.3) is 0 Å². The van der Waals surface area contributed by atoms with Crippen LogP contribution in [0.1, 0.15) is 38.5 Å². The molecule has 1 rings (SSSR count). The Hall–Kier alpha value is -0.120. The lowest BCUT2D eigenvalue weighted by Gasteiger charge is -2.25. The zero-order valence-electron chi connectivity index (χ0n) is 8.59. The summed E-state index contributed by atoms with van der Waals surface area (Å²) in [5.41, 5.74) is 2.83. The lowest BCUT2D eigenvalue weighted by atomic mass is 9.85. The maximum Gasteiger partial charge on any atom is 0.0629 e. The molecule has 1 saturated carbocycles. The quantitative estimate of drug-likeness (QED) is 0.504. The van der Waals surface area contributed by atoms with Crippen molar-refractivity contribution in [2.45, 2.75) is 44.6 Å². The molecule has 3 N–H and O–H groups in total. The van der Waals surface area contributed by atoms with Gasteiger partial charge in [0, 0.05) is 13.2 Å². The first-order valence-electron chi connectivity index (χ1n) is 5.32. The smallest absolute Gasteiger partial charge is 0.0629 e. The van der Waals surface area contributed by atoms with E-state index in [4.69, 9.17) is 10.6 Å². The van der Waals surface area contributed by atoms with Gasteiger partial charge in [0.1, 0.15) is 0 Å². The van der Waals surface area contributed by atoms with Crippen molar-refractivity contribution in [1.29, 1.82) is 0 Å². The maximum absolute atomic E-state index is 5.45. The molecule has 0 aliphatic heterocycles. The van der Waals surface area contributed by atoms with Crippen molar-refractivity contribution < 1.29 is 4.74 Å². The van der Waals surface area contributed by atoms with Crippen molar-refractivity contribution in [3.05, 3.63) is 0 Å². The second-order valence-corrected chi connectivity index (χ2v) is 4.06. The molecule has 0 amide bonds. The van der Waals surface area contributed by atoms with Crippen molar-refractivity contribution in [1.82, 2.24) is 5.43 Å². The molecule has 1 fully saturated rings. The molecule has 0 saturated heterocycles. The van der Waals surface area contributed by atoms with Gasteiger partial charge in [0.25, 0.3) is 0 Å². The number of hydrogen-bond acceptors (Lipinski definition) is 3. The third-order valence-electron chi connectivity index (χ3n) is 2.95. The van der Waals surface area contributed by atoms with Crippen LogP contribution in [0.3, 0.4) is 0 Å². The molecule has 78 valence electrons. The molecular weight excluding hydrogens is 164 g/mol. The third-order valence-corrected chi connectivity index (χ3v) is 2.95. The highest BCUT2D eigenvalue weighted by Crippen LogP contribution is 2.27. The Morgan fingerprint density at radius 2 is 2.08 bits per heavy atom. The minimum atomic E-state index is 0.341. The lowest BCUT2D eigenvalue weighted by Crippen LogP contribution is -2.40. The number of ether oxygens (including phenoxy) is 1. The number of nitrogens with two attached hydrogens (primary N) is 1. The Balaban J connectivity index is 2.18. The van der Waals surface area contributed by atoms with Gasteiger partial charge in [-0.25, -0.2) is 0 Å². The summed E-state index contributed by atoms with van der Waals surface area (Å²) in [7, 11) is 1.73. The molecule has 0 spiro atoms. The van der Waals surface area contributed by atoms with Crippen molar-refractivity contribution in [3.8, 4) is 0 Å². The van der Waals surface area contributed by atoms with Gasteiger partial charge in [-0.05, 0) is 12.3 Å². The fraction of sp³-hybridized carbons (Fsp3) is 1.00. The van der Waals surface area contributed by atoms with Crippen LogP contribution in [0, 0.1) is 5.92 Å². The van der Waals surface area contributed by atoms with E-state index in [2.05, 4.69) is 5.43 Å². The molecule has 1 aliphatic rings.